The van der Waals surface area contributed by atoms with Crippen molar-refractivity contribution in [2.75, 3.05) is 19.3 Å². The molecule has 1 atom stereocenters. The third-order valence-electron chi connectivity index (χ3n) is 3.34. The molecule has 0 aliphatic carbocycles. The molecule has 0 heterocycles. The van der Waals surface area contributed by atoms with Gasteiger partial charge in [-0.1, -0.05) is 19.1 Å². The van der Waals surface area contributed by atoms with Crippen LogP contribution in [0.1, 0.15) is 25.8 Å². The van der Waals surface area contributed by atoms with Crippen molar-refractivity contribution in [3.8, 4) is 0 Å². The summed E-state index contributed by atoms with van der Waals surface area (Å²) in [4.78, 5) is 14.7. The lowest BCUT2D eigenvalue weighted by Crippen LogP contribution is -2.44. The van der Waals surface area contributed by atoms with E-state index in [1.165, 1.54) is 12.1 Å². The lowest BCUT2D eigenvalue weighted by atomic mass is 10.2. The molecule has 26 heavy (non-hydrogen) atoms. The third kappa shape index (κ3) is 10.5. The molecule has 0 saturated carbocycles. The Morgan fingerprint density at radius 1 is 1.27 bits per heavy atom. The van der Waals surface area contributed by atoms with Crippen molar-refractivity contribution in [2.24, 2.45) is 4.99 Å². The average molecular weight is 499 g/mol. The number of non-ortho nitro benzene ring substituents is 1. The van der Waals surface area contributed by atoms with E-state index in [4.69, 9.17) is 0 Å². The zero-order valence-corrected chi connectivity index (χ0v) is 18.2. The first kappa shape index (κ1) is 24.5. The number of aliphatic imine (C=N–C) groups is 1. The number of halogens is 1. The molecule has 148 valence electrons. The van der Waals surface area contributed by atoms with Gasteiger partial charge in [0, 0.05) is 31.3 Å². The number of hydrogen-bond acceptors (Lipinski definition) is 5. The van der Waals surface area contributed by atoms with Crippen LogP contribution in [-0.4, -0.2) is 44.7 Å². The second-order valence-corrected chi connectivity index (χ2v) is 7.47. The Morgan fingerprint density at radius 3 is 2.38 bits per heavy atom. The number of nitrogens with one attached hydrogen (secondary N) is 3. The molecule has 0 aliphatic rings. The number of nitrogens with zero attached hydrogens (tertiary/aromatic N) is 2. The number of rotatable bonds is 9. The first-order valence-electron chi connectivity index (χ1n) is 7.94. The highest BCUT2D eigenvalue weighted by atomic mass is 127. The van der Waals surface area contributed by atoms with Gasteiger partial charge in [-0.2, -0.15) is 0 Å². The van der Waals surface area contributed by atoms with E-state index < -0.39 is 14.9 Å². The van der Waals surface area contributed by atoms with Gasteiger partial charge in [0.05, 0.1) is 17.7 Å². The van der Waals surface area contributed by atoms with Gasteiger partial charge in [0.2, 0.25) is 10.0 Å². The van der Waals surface area contributed by atoms with E-state index >= 15 is 0 Å². The molecule has 0 bridgehead atoms. The van der Waals surface area contributed by atoms with Gasteiger partial charge in [-0.05, 0) is 18.9 Å². The molecule has 0 radical (unpaired) electrons. The highest BCUT2D eigenvalue weighted by molar-refractivity contribution is 14.0. The molecule has 0 fully saturated rings. The van der Waals surface area contributed by atoms with E-state index in [0.29, 0.717) is 19.0 Å². The van der Waals surface area contributed by atoms with Gasteiger partial charge in [0.15, 0.2) is 5.96 Å². The lowest BCUT2D eigenvalue weighted by Gasteiger charge is -2.17. The van der Waals surface area contributed by atoms with Gasteiger partial charge in [0.25, 0.3) is 5.69 Å². The molecule has 11 heteroatoms. The van der Waals surface area contributed by atoms with Crippen LogP contribution in [-0.2, 0) is 16.6 Å². The number of nitro benzene ring substituents is 1. The zero-order valence-electron chi connectivity index (χ0n) is 15.1. The maximum Gasteiger partial charge on any atom is 0.269 e. The number of benzene rings is 1. The van der Waals surface area contributed by atoms with Crippen molar-refractivity contribution >= 4 is 45.6 Å². The summed E-state index contributed by atoms with van der Waals surface area (Å²) in [6.45, 7) is 5.03. The molecule has 0 aliphatic heterocycles. The van der Waals surface area contributed by atoms with Gasteiger partial charge in [0.1, 0.15) is 0 Å². The summed E-state index contributed by atoms with van der Waals surface area (Å²) in [6.07, 6.45) is 2.01. The Kier molecular flexibility index (Phi) is 11.3. The van der Waals surface area contributed by atoms with Crippen LogP contribution >= 0.6 is 24.0 Å². The summed E-state index contributed by atoms with van der Waals surface area (Å²) in [7, 11) is -3.22. The van der Waals surface area contributed by atoms with Crippen LogP contribution in [0.15, 0.2) is 29.3 Å². The number of sulfonamides is 1. The van der Waals surface area contributed by atoms with E-state index in [1.807, 2.05) is 13.8 Å². The van der Waals surface area contributed by atoms with Gasteiger partial charge in [-0.25, -0.2) is 18.1 Å². The first-order valence-corrected chi connectivity index (χ1v) is 9.83. The van der Waals surface area contributed by atoms with E-state index in [1.54, 1.807) is 12.1 Å². The Morgan fingerprint density at radius 2 is 1.88 bits per heavy atom. The van der Waals surface area contributed by atoms with Crippen LogP contribution in [0, 0.1) is 10.1 Å². The van der Waals surface area contributed by atoms with Crippen LogP contribution in [0.25, 0.3) is 0 Å². The molecular weight excluding hydrogens is 473 g/mol. The topological polar surface area (TPSA) is 126 Å². The summed E-state index contributed by atoms with van der Waals surface area (Å²) >= 11 is 0. The Labute approximate surface area is 171 Å². The van der Waals surface area contributed by atoms with E-state index in [-0.39, 0.29) is 42.3 Å². The molecule has 0 amide bonds. The van der Waals surface area contributed by atoms with Gasteiger partial charge in [-0.3, -0.25) is 10.1 Å². The monoisotopic (exact) mass is 499 g/mol. The quantitative estimate of drug-likeness (QED) is 0.118. The lowest BCUT2D eigenvalue weighted by molar-refractivity contribution is -0.384. The predicted molar refractivity (Wildman–Crippen MR) is 113 cm³/mol. The minimum atomic E-state index is -3.22. The molecule has 3 N–H and O–H groups in total. The van der Waals surface area contributed by atoms with Crippen molar-refractivity contribution in [3.05, 3.63) is 39.9 Å². The van der Waals surface area contributed by atoms with E-state index in [2.05, 4.69) is 20.3 Å². The smallest absolute Gasteiger partial charge is 0.269 e. The van der Waals surface area contributed by atoms with Crippen molar-refractivity contribution in [1.82, 2.24) is 15.4 Å². The molecule has 0 aromatic heterocycles. The summed E-state index contributed by atoms with van der Waals surface area (Å²) in [5.41, 5.74) is 0.876. The molecule has 1 aromatic rings. The van der Waals surface area contributed by atoms with Crippen molar-refractivity contribution < 1.29 is 13.3 Å². The number of hydrogen-bond donors (Lipinski definition) is 3. The first-order chi connectivity index (χ1) is 11.7. The second-order valence-electron chi connectivity index (χ2n) is 5.64. The Balaban J connectivity index is 0.00000625. The Bertz CT molecular complexity index is 694. The maximum atomic E-state index is 11.1. The van der Waals surface area contributed by atoms with Crippen LogP contribution in [0.3, 0.4) is 0 Å². The standard InChI is InChI=1S/C15H25N5O4S.HI/c1-4-12(2)19-15(16-9-10-18-25(3,23)24)17-11-13-5-7-14(8-6-13)20(21)22;/h5-8,12,18H,4,9-11H2,1-3H3,(H2,16,17,19);1H. The van der Waals surface area contributed by atoms with E-state index in [0.717, 1.165) is 18.2 Å². The predicted octanol–water partition coefficient (Wildman–Crippen LogP) is 1.60. The van der Waals surface area contributed by atoms with Crippen LogP contribution < -0.4 is 15.4 Å². The largest absolute Gasteiger partial charge is 0.355 e. The molecule has 1 aromatic carbocycles. The Hall–Kier alpha value is -1.47. The van der Waals surface area contributed by atoms with Crippen molar-refractivity contribution in [2.45, 2.75) is 32.9 Å². The summed E-state index contributed by atoms with van der Waals surface area (Å²) in [6, 6.07) is 6.40. The fraction of sp³-hybridized carbons (Fsp3) is 0.533. The van der Waals surface area contributed by atoms with E-state index in [9.17, 15) is 18.5 Å². The molecule has 0 saturated heterocycles. The second kappa shape index (κ2) is 12.0. The molecule has 1 rings (SSSR count). The zero-order chi connectivity index (χ0) is 18.9. The van der Waals surface area contributed by atoms with Crippen LogP contribution in [0.2, 0.25) is 0 Å². The molecule has 9 nitrogen and oxygen atoms in total. The number of guanidine groups is 1. The molecular formula is C15H26IN5O4S. The fourth-order valence-corrected chi connectivity index (χ4v) is 2.27. The third-order valence-corrected chi connectivity index (χ3v) is 4.07. The summed E-state index contributed by atoms with van der Waals surface area (Å²) in [5.74, 6) is 0.558. The summed E-state index contributed by atoms with van der Waals surface area (Å²) < 4.78 is 24.5. The minimum Gasteiger partial charge on any atom is -0.355 e. The van der Waals surface area contributed by atoms with Crippen LogP contribution in [0.5, 0.6) is 0 Å². The maximum absolute atomic E-state index is 11.1. The fourth-order valence-electron chi connectivity index (χ4n) is 1.80. The van der Waals surface area contributed by atoms with Gasteiger partial charge >= 0.3 is 0 Å². The van der Waals surface area contributed by atoms with Gasteiger partial charge in [-0.15, -0.1) is 24.0 Å². The molecule has 0 spiro atoms. The SMILES string of the molecule is CCC(C)NC(=NCc1ccc([N+](=O)[O-])cc1)NCCNS(C)(=O)=O.I. The highest BCUT2D eigenvalue weighted by Crippen LogP contribution is 2.12. The average Bonchev–Trinajstić information content (AvgIpc) is 2.55. The van der Waals surface area contributed by atoms with Crippen LogP contribution in [0.4, 0.5) is 5.69 Å². The normalized spacial score (nSPS) is 12.8. The van der Waals surface area contributed by atoms with Crippen molar-refractivity contribution in [3.63, 3.8) is 0 Å². The summed E-state index contributed by atoms with van der Waals surface area (Å²) in [5, 5.41) is 16.9. The number of nitro groups is 1. The minimum absolute atomic E-state index is 0. The molecule has 1 unspecified atom stereocenters. The van der Waals surface area contributed by atoms with Crippen molar-refractivity contribution in [1.29, 1.82) is 0 Å². The van der Waals surface area contributed by atoms with Gasteiger partial charge < -0.3 is 10.6 Å². The highest BCUT2D eigenvalue weighted by Gasteiger charge is 2.06.